The van der Waals surface area contributed by atoms with Gasteiger partial charge in [-0.25, -0.2) is 4.98 Å². The number of nitrogens with zero attached hydrogens (tertiary/aromatic N) is 2. The minimum absolute atomic E-state index is 0.116. The number of thiazole rings is 1. The molecule has 0 unspecified atom stereocenters. The number of aromatic nitrogens is 1. The van der Waals surface area contributed by atoms with Gasteiger partial charge in [-0.15, -0.1) is 11.3 Å². The van der Waals surface area contributed by atoms with Crippen molar-refractivity contribution in [3.05, 3.63) is 10.6 Å². The molecule has 5 heteroatoms. The number of carbonyl (C=O) groups is 1. The first kappa shape index (κ1) is 16.4. The molecule has 1 amide bonds. The molecular weight excluding hydrogens is 282 g/mol. The molecule has 0 spiro atoms. The third-order valence-electron chi connectivity index (χ3n) is 4.01. The van der Waals surface area contributed by atoms with E-state index in [-0.39, 0.29) is 5.91 Å². The first-order valence-corrected chi connectivity index (χ1v) is 9.05. The molecule has 0 atom stereocenters. The molecule has 1 N–H and O–H groups in total. The van der Waals surface area contributed by atoms with E-state index < -0.39 is 0 Å². The summed E-state index contributed by atoms with van der Waals surface area (Å²) in [5, 5.41) is 3.76. The number of amides is 1. The molecule has 0 aromatic carbocycles. The lowest BCUT2D eigenvalue weighted by Gasteiger charge is -2.23. The summed E-state index contributed by atoms with van der Waals surface area (Å²) in [5.74, 6) is 0.116. The van der Waals surface area contributed by atoms with Crippen LogP contribution in [0.2, 0.25) is 0 Å². The van der Waals surface area contributed by atoms with Crippen LogP contribution >= 0.6 is 11.3 Å². The normalized spacial score (nSPS) is 15.0. The number of nitrogens with one attached hydrogen (secondary N) is 1. The van der Waals surface area contributed by atoms with Crippen molar-refractivity contribution < 1.29 is 4.79 Å². The first-order valence-electron chi connectivity index (χ1n) is 8.23. The number of rotatable bonds is 8. The predicted molar refractivity (Wildman–Crippen MR) is 88.8 cm³/mol. The highest BCUT2D eigenvalue weighted by Gasteiger charge is 2.20. The summed E-state index contributed by atoms with van der Waals surface area (Å²) >= 11 is 1.65. The van der Waals surface area contributed by atoms with E-state index in [1.54, 1.807) is 11.3 Å². The second-order valence-electron chi connectivity index (χ2n) is 5.72. The van der Waals surface area contributed by atoms with Crippen LogP contribution in [0.3, 0.4) is 0 Å². The summed E-state index contributed by atoms with van der Waals surface area (Å²) in [5.41, 5.74) is 1.18. The SMILES string of the molecule is CCCCCCCC(=O)Nc1nc2c(s1)CN(CC)CC2. The lowest BCUT2D eigenvalue weighted by atomic mass is 10.1. The Balaban J connectivity index is 1.76. The Morgan fingerprint density at radius 2 is 2.10 bits per heavy atom. The van der Waals surface area contributed by atoms with Crippen molar-refractivity contribution in [1.82, 2.24) is 9.88 Å². The van der Waals surface area contributed by atoms with Crippen LogP contribution in [-0.2, 0) is 17.8 Å². The molecule has 21 heavy (non-hydrogen) atoms. The number of anilines is 1. The van der Waals surface area contributed by atoms with Gasteiger partial charge in [0.25, 0.3) is 0 Å². The maximum Gasteiger partial charge on any atom is 0.226 e. The minimum atomic E-state index is 0.116. The molecule has 1 aliphatic rings. The lowest BCUT2D eigenvalue weighted by Crippen LogP contribution is -2.29. The zero-order valence-electron chi connectivity index (χ0n) is 13.3. The van der Waals surface area contributed by atoms with E-state index >= 15 is 0 Å². The maximum atomic E-state index is 11.9. The molecule has 0 saturated heterocycles. The second kappa shape index (κ2) is 8.49. The Kier molecular flexibility index (Phi) is 6.64. The van der Waals surface area contributed by atoms with Gasteiger partial charge in [0.05, 0.1) is 5.69 Å². The Labute approximate surface area is 132 Å². The van der Waals surface area contributed by atoms with Crippen LogP contribution in [0.25, 0.3) is 0 Å². The monoisotopic (exact) mass is 309 g/mol. The van der Waals surface area contributed by atoms with Crippen LogP contribution in [0.4, 0.5) is 5.13 Å². The molecule has 2 heterocycles. The number of hydrogen-bond donors (Lipinski definition) is 1. The largest absolute Gasteiger partial charge is 0.302 e. The smallest absolute Gasteiger partial charge is 0.226 e. The Bertz CT molecular complexity index is 458. The summed E-state index contributed by atoms with van der Waals surface area (Å²) in [4.78, 5) is 20.2. The van der Waals surface area contributed by atoms with Gasteiger partial charge in [-0.3, -0.25) is 9.69 Å². The number of fused-ring (bicyclic) bond motifs is 1. The predicted octanol–water partition coefficient (Wildman–Crippen LogP) is 3.82. The number of unbranched alkanes of at least 4 members (excludes halogenated alkanes) is 4. The average molecular weight is 309 g/mol. The van der Waals surface area contributed by atoms with Crippen molar-refractivity contribution in [2.24, 2.45) is 0 Å². The summed E-state index contributed by atoms with van der Waals surface area (Å²) in [6.45, 7) is 7.54. The fraction of sp³-hybridized carbons (Fsp3) is 0.750. The van der Waals surface area contributed by atoms with Crippen molar-refractivity contribution in [2.75, 3.05) is 18.4 Å². The molecule has 4 nitrogen and oxygen atoms in total. The van der Waals surface area contributed by atoms with Gasteiger partial charge < -0.3 is 5.32 Å². The molecule has 2 rings (SSSR count). The van der Waals surface area contributed by atoms with Crippen molar-refractivity contribution in [3.8, 4) is 0 Å². The van der Waals surface area contributed by atoms with Crippen LogP contribution in [0.1, 0.15) is 62.9 Å². The molecule has 0 aliphatic carbocycles. The molecule has 1 aromatic rings. The van der Waals surface area contributed by atoms with Crippen molar-refractivity contribution in [1.29, 1.82) is 0 Å². The molecule has 1 aromatic heterocycles. The molecule has 1 aliphatic heterocycles. The highest BCUT2D eigenvalue weighted by Crippen LogP contribution is 2.28. The zero-order chi connectivity index (χ0) is 15.1. The lowest BCUT2D eigenvalue weighted by molar-refractivity contribution is -0.116. The first-order chi connectivity index (χ1) is 10.2. The number of hydrogen-bond acceptors (Lipinski definition) is 4. The molecule has 0 saturated carbocycles. The van der Waals surface area contributed by atoms with Gasteiger partial charge in [0.2, 0.25) is 5.91 Å². The quantitative estimate of drug-likeness (QED) is 0.743. The van der Waals surface area contributed by atoms with Gasteiger partial charge in [-0.1, -0.05) is 39.5 Å². The fourth-order valence-corrected chi connectivity index (χ4v) is 3.71. The van der Waals surface area contributed by atoms with E-state index in [2.05, 4.69) is 29.0 Å². The Morgan fingerprint density at radius 1 is 1.29 bits per heavy atom. The number of carbonyl (C=O) groups excluding carboxylic acids is 1. The average Bonchev–Trinajstić information content (AvgIpc) is 2.87. The van der Waals surface area contributed by atoms with Gasteiger partial charge in [-0.05, 0) is 13.0 Å². The van der Waals surface area contributed by atoms with Crippen molar-refractivity contribution in [2.45, 2.75) is 65.3 Å². The zero-order valence-corrected chi connectivity index (χ0v) is 14.1. The topological polar surface area (TPSA) is 45.2 Å². The van der Waals surface area contributed by atoms with E-state index in [4.69, 9.17) is 0 Å². The van der Waals surface area contributed by atoms with Gasteiger partial charge in [-0.2, -0.15) is 0 Å². The van der Waals surface area contributed by atoms with E-state index in [0.717, 1.165) is 44.0 Å². The molecule has 0 bridgehead atoms. The van der Waals surface area contributed by atoms with E-state index in [1.165, 1.54) is 29.8 Å². The maximum absolute atomic E-state index is 11.9. The second-order valence-corrected chi connectivity index (χ2v) is 6.80. The third-order valence-corrected chi connectivity index (χ3v) is 5.01. The van der Waals surface area contributed by atoms with Crippen LogP contribution in [0.5, 0.6) is 0 Å². The van der Waals surface area contributed by atoms with E-state index in [0.29, 0.717) is 6.42 Å². The van der Waals surface area contributed by atoms with Gasteiger partial charge in [0, 0.05) is 30.8 Å². The van der Waals surface area contributed by atoms with Crippen LogP contribution in [-0.4, -0.2) is 28.9 Å². The minimum Gasteiger partial charge on any atom is -0.302 e. The van der Waals surface area contributed by atoms with Gasteiger partial charge >= 0.3 is 0 Å². The molecule has 0 radical (unpaired) electrons. The summed E-state index contributed by atoms with van der Waals surface area (Å²) < 4.78 is 0. The summed E-state index contributed by atoms with van der Waals surface area (Å²) in [6.07, 6.45) is 7.52. The van der Waals surface area contributed by atoms with Crippen LogP contribution in [0.15, 0.2) is 0 Å². The Morgan fingerprint density at radius 3 is 2.86 bits per heavy atom. The van der Waals surface area contributed by atoms with Crippen LogP contribution in [0, 0.1) is 0 Å². The van der Waals surface area contributed by atoms with E-state index in [1.807, 2.05) is 0 Å². The highest BCUT2D eigenvalue weighted by atomic mass is 32.1. The molecular formula is C16H27N3OS. The van der Waals surface area contributed by atoms with E-state index in [9.17, 15) is 4.79 Å². The third kappa shape index (κ3) is 5.08. The standard InChI is InChI=1S/C16H27N3OS/c1-3-5-6-7-8-9-15(20)18-16-17-13-10-11-19(4-2)12-14(13)21-16/h3-12H2,1-2H3,(H,17,18,20). The fourth-order valence-electron chi connectivity index (χ4n) is 2.64. The highest BCUT2D eigenvalue weighted by molar-refractivity contribution is 7.15. The van der Waals surface area contributed by atoms with Gasteiger partial charge in [0.1, 0.15) is 0 Å². The molecule has 118 valence electrons. The van der Waals surface area contributed by atoms with Gasteiger partial charge in [0.15, 0.2) is 5.13 Å². The van der Waals surface area contributed by atoms with Crippen molar-refractivity contribution in [3.63, 3.8) is 0 Å². The summed E-state index contributed by atoms with van der Waals surface area (Å²) in [6, 6.07) is 0. The molecule has 0 fully saturated rings. The number of likely N-dealkylation sites (N-methyl/N-ethyl adjacent to an activating group) is 1. The van der Waals surface area contributed by atoms with Crippen molar-refractivity contribution >= 4 is 22.4 Å². The summed E-state index contributed by atoms with van der Waals surface area (Å²) in [7, 11) is 0. The Hall–Kier alpha value is -0.940. The van der Waals surface area contributed by atoms with Crippen LogP contribution < -0.4 is 5.32 Å².